The Morgan fingerprint density at radius 1 is 1.17 bits per heavy atom. The SMILES string of the molecule is Cl.Cn1ncc(-c2ccc3c(=O)[nH]nc(CN)c3c2)c1N1C(=O)OC2(CCCC2)c2cccc(F)c21. The second-order valence-corrected chi connectivity index (χ2v) is 9.01. The Labute approximate surface area is 211 Å². The Kier molecular flexibility index (Phi) is 5.80. The fourth-order valence-electron chi connectivity index (χ4n) is 5.42. The van der Waals surface area contributed by atoms with E-state index in [9.17, 15) is 9.59 Å². The van der Waals surface area contributed by atoms with Crippen LogP contribution in [0.2, 0.25) is 0 Å². The van der Waals surface area contributed by atoms with Crippen molar-refractivity contribution in [3.8, 4) is 11.1 Å². The first-order valence-corrected chi connectivity index (χ1v) is 11.5. The van der Waals surface area contributed by atoms with E-state index in [4.69, 9.17) is 10.5 Å². The zero-order valence-electron chi connectivity index (χ0n) is 19.5. The molecule has 1 aliphatic heterocycles. The van der Waals surface area contributed by atoms with Gasteiger partial charge in [0.15, 0.2) is 0 Å². The predicted molar refractivity (Wildman–Crippen MR) is 135 cm³/mol. The second kappa shape index (κ2) is 8.72. The van der Waals surface area contributed by atoms with Crippen molar-refractivity contribution in [2.45, 2.75) is 37.8 Å². The van der Waals surface area contributed by atoms with Gasteiger partial charge in [-0.05, 0) is 49.4 Å². The summed E-state index contributed by atoms with van der Waals surface area (Å²) in [5.74, 6) is -0.141. The third kappa shape index (κ3) is 3.40. The van der Waals surface area contributed by atoms with Crippen molar-refractivity contribution >= 4 is 40.8 Å². The molecular formula is C25H24ClFN6O3. The third-order valence-electron chi connectivity index (χ3n) is 7.07. The maximum absolute atomic E-state index is 15.4. The van der Waals surface area contributed by atoms with Gasteiger partial charge in [0.05, 0.1) is 23.0 Å². The van der Waals surface area contributed by atoms with Crippen LogP contribution in [0.15, 0.2) is 47.4 Å². The molecule has 2 aromatic carbocycles. The average Bonchev–Trinajstić information content (AvgIpc) is 3.47. The molecule has 1 amide bonds. The van der Waals surface area contributed by atoms with Gasteiger partial charge in [-0.1, -0.05) is 18.2 Å². The minimum Gasteiger partial charge on any atom is -0.437 e. The van der Waals surface area contributed by atoms with Crippen LogP contribution < -0.4 is 16.2 Å². The number of carbonyl (C=O) groups excluding carboxylic acids is 1. The van der Waals surface area contributed by atoms with Crippen molar-refractivity contribution in [2.75, 3.05) is 4.90 Å². The highest BCUT2D eigenvalue weighted by molar-refractivity contribution is 6.02. The van der Waals surface area contributed by atoms with Gasteiger partial charge < -0.3 is 10.5 Å². The molecule has 186 valence electrons. The molecule has 0 saturated heterocycles. The van der Waals surface area contributed by atoms with Crippen molar-refractivity contribution in [3.05, 3.63) is 70.0 Å². The Morgan fingerprint density at radius 3 is 2.69 bits per heavy atom. The molecule has 6 rings (SSSR count). The summed E-state index contributed by atoms with van der Waals surface area (Å²) in [5, 5.41) is 11.9. The summed E-state index contributed by atoms with van der Waals surface area (Å²) in [6.07, 6.45) is 4.11. The summed E-state index contributed by atoms with van der Waals surface area (Å²) in [5.41, 5.74) is 7.34. The molecule has 1 aliphatic carbocycles. The van der Waals surface area contributed by atoms with E-state index >= 15 is 4.39 Å². The number of ether oxygens (including phenoxy) is 1. The number of rotatable bonds is 3. The van der Waals surface area contributed by atoms with Crippen LogP contribution in [0.5, 0.6) is 0 Å². The number of anilines is 2. The van der Waals surface area contributed by atoms with Gasteiger partial charge in [0.1, 0.15) is 17.2 Å². The molecule has 2 aromatic heterocycles. The maximum Gasteiger partial charge on any atom is 0.421 e. The Bertz CT molecular complexity index is 1560. The van der Waals surface area contributed by atoms with Crippen LogP contribution >= 0.6 is 12.4 Å². The van der Waals surface area contributed by atoms with Crippen LogP contribution in [-0.2, 0) is 23.9 Å². The topological polar surface area (TPSA) is 119 Å². The summed E-state index contributed by atoms with van der Waals surface area (Å²) in [6, 6.07) is 10.1. The molecular weight excluding hydrogens is 487 g/mol. The highest BCUT2D eigenvalue weighted by Gasteiger charge is 2.49. The number of halogens is 2. The smallest absolute Gasteiger partial charge is 0.421 e. The molecule has 1 spiro atoms. The summed E-state index contributed by atoms with van der Waals surface area (Å²) >= 11 is 0. The zero-order chi connectivity index (χ0) is 24.3. The number of aromatic amines is 1. The lowest BCUT2D eigenvalue weighted by molar-refractivity contribution is 0.0121. The molecule has 9 nitrogen and oxygen atoms in total. The largest absolute Gasteiger partial charge is 0.437 e. The highest BCUT2D eigenvalue weighted by atomic mass is 35.5. The number of nitrogens with two attached hydrogens (primary N) is 1. The summed E-state index contributed by atoms with van der Waals surface area (Å²) in [6.45, 7) is 0.135. The molecule has 1 fully saturated rings. The minimum absolute atomic E-state index is 0. The molecule has 3 N–H and O–H groups in total. The van der Waals surface area contributed by atoms with Gasteiger partial charge in [-0.2, -0.15) is 10.2 Å². The maximum atomic E-state index is 15.4. The third-order valence-corrected chi connectivity index (χ3v) is 7.07. The number of para-hydroxylation sites is 1. The molecule has 0 radical (unpaired) electrons. The van der Waals surface area contributed by atoms with Crippen LogP contribution in [0.25, 0.3) is 21.9 Å². The number of nitrogens with one attached hydrogen (secondary N) is 1. The number of fused-ring (bicyclic) bond motifs is 3. The van der Waals surface area contributed by atoms with Crippen molar-refractivity contribution in [2.24, 2.45) is 12.8 Å². The van der Waals surface area contributed by atoms with E-state index in [0.29, 0.717) is 51.8 Å². The molecule has 3 heterocycles. The van der Waals surface area contributed by atoms with Crippen LogP contribution in [0.1, 0.15) is 36.9 Å². The van der Waals surface area contributed by atoms with Gasteiger partial charge >= 0.3 is 6.09 Å². The van der Waals surface area contributed by atoms with Crippen LogP contribution in [0.3, 0.4) is 0 Å². The normalized spacial score (nSPS) is 16.2. The number of H-pyrrole nitrogens is 1. The summed E-state index contributed by atoms with van der Waals surface area (Å²) in [4.78, 5) is 27.0. The molecule has 0 unspecified atom stereocenters. The average molecular weight is 511 g/mol. The molecule has 2 aliphatic rings. The lowest BCUT2D eigenvalue weighted by Crippen LogP contribution is -2.44. The lowest BCUT2D eigenvalue weighted by Gasteiger charge is -2.40. The fraction of sp³-hybridized carbons (Fsp3) is 0.280. The second-order valence-electron chi connectivity index (χ2n) is 9.01. The first-order valence-electron chi connectivity index (χ1n) is 11.5. The fourth-order valence-corrected chi connectivity index (χ4v) is 5.42. The van der Waals surface area contributed by atoms with E-state index in [0.717, 1.165) is 12.8 Å². The molecule has 4 aromatic rings. The molecule has 0 bridgehead atoms. The minimum atomic E-state index is -0.810. The van der Waals surface area contributed by atoms with Crippen LogP contribution in [0.4, 0.5) is 20.7 Å². The van der Waals surface area contributed by atoms with Gasteiger partial charge in [0, 0.05) is 30.1 Å². The summed E-state index contributed by atoms with van der Waals surface area (Å²) < 4.78 is 22.9. The van der Waals surface area contributed by atoms with Gasteiger partial charge in [0.25, 0.3) is 5.56 Å². The van der Waals surface area contributed by atoms with Gasteiger partial charge in [0.2, 0.25) is 0 Å². The monoisotopic (exact) mass is 510 g/mol. The van der Waals surface area contributed by atoms with E-state index in [1.54, 1.807) is 37.5 Å². The predicted octanol–water partition coefficient (Wildman–Crippen LogP) is 4.40. The van der Waals surface area contributed by atoms with E-state index in [1.165, 1.54) is 15.6 Å². The van der Waals surface area contributed by atoms with Crippen molar-refractivity contribution < 1.29 is 13.9 Å². The number of carbonyl (C=O) groups is 1. The number of hydrogen-bond donors (Lipinski definition) is 2. The van der Waals surface area contributed by atoms with Crippen LogP contribution in [-0.4, -0.2) is 26.1 Å². The quantitative estimate of drug-likeness (QED) is 0.421. The number of aromatic nitrogens is 4. The van der Waals surface area contributed by atoms with Crippen molar-refractivity contribution in [1.29, 1.82) is 0 Å². The van der Waals surface area contributed by atoms with E-state index in [1.807, 2.05) is 6.07 Å². The molecule has 1 saturated carbocycles. The molecule has 0 atom stereocenters. The number of benzene rings is 2. The molecule has 36 heavy (non-hydrogen) atoms. The Balaban J connectivity index is 0.00000267. The number of amides is 1. The zero-order valence-corrected chi connectivity index (χ0v) is 20.3. The van der Waals surface area contributed by atoms with Gasteiger partial charge in [-0.25, -0.2) is 19.2 Å². The van der Waals surface area contributed by atoms with Gasteiger partial charge in [-0.3, -0.25) is 9.48 Å². The van der Waals surface area contributed by atoms with E-state index in [-0.39, 0.29) is 30.2 Å². The van der Waals surface area contributed by atoms with Crippen molar-refractivity contribution in [1.82, 2.24) is 20.0 Å². The standard InChI is InChI=1S/C25H23FN6O3.ClH/c1-31-23(17(13-28-31)14-7-8-15-16(11-14)20(12-27)29-30-22(15)33)32-21-18(5-4-6-19(21)26)25(35-24(32)34)9-2-3-10-25;/h4-8,11,13H,2-3,9-10,12,27H2,1H3,(H,30,33);1H. The lowest BCUT2D eigenvalue weighted by atomic mass is 9.88. The van der Waals surface area contributed by atoms with Crippen LogP contribution in [0, 0.1) is 5.82 Å². The van der Waals surface area contributed by atoms with E-state index < -0.39 is 17.5 Å². The van der Waals surface area contributed by atoms with Crippen molar-refractivity contribution in [3.63, 3.8) is 0 Å². The first kappa shape index (κ1) is 24.0. The number of nitrogens with zero attached hydrogens (tertiary/aromatic N) is 4. The molecule has 11 heteroatoms. The highest BCUT2D eigenvalue weighted by Crippen LogP contribution is 2.52. The Morgan fingerprint density at radius 2 is 1.94 bits per heavy atom. The first-order chi connectivity index (χ1) is 16.9. The number of hydrogen-bond acceptors (Lipinski definition) is 6. The van der Waals surface area contributed by atoms with E-state index in [2.05, 4.69) is 15.3 Å². The Hall–Kier alpha value is -3.76. The van der Waals surface area contributed by atoms with Gasteiger partial charge in [-0.15, -0.1) is 12.4 Å². The number of aryl methyl sites for hydroxylation is 1. The summed E-state index contributed by atoms with van der Waals surface area (Å²) in [7, 11) is 1.69.